The van der Waals surface area contributed by atoms with Gasteiger partial charge in [0.05, 0.1) is 0 Å². The van der Waals surface area contributed by atoms with Gasteiger partial charge < -0.3 is 4.74 Å². The number of hydrogen-bond donors (Lipinski definition) is 0. The van der Waals surface area contributed by atoms with Crippen LogP contribution in [-0.2, 0) is 0 Å². The van der Waals surface area contributed by atoms with Gasteiger partial charge in [0.2, 0.25) is 0 Å². The fourth-order valence-corrected chi connectivity index (χ4v) is 1.65. The van der Waals surface area contributed by atoms with Crippen molar-refractivity contribution < 1.29 is 13.9 Å². The predicted octanol–water partition coefficient (Wildman–Crippen LogP) is 3.40. The Morgan fingerprint density at radius 2 is 1.89 bits per heavy atom. The molecule has 0 atom stereocenters. The number of Topliss-reactive ketones (excluding diaryl/α,β-unsaturated/α-hetero) is 1. The van der Waals surface area contributed by atoms with E-state index in [4.69, 9.17) is 4.74 Å². The van der Waals surface area contributed by atoms with Crippen LogP contribution in [0, 0.1) is 12.7 Å². The lowest BCUT2D eigenvalue weighted by Gasteiger charge is -2.06. The standard InChI is InChI=1S/C15H13FO2/c1-11-7-12(9-13(16)8-11)15(17)10-18-14-5-3-2-4-6-14/h2-9H,10H2,1H3. The molecule has 0 radical (unpaired) electrons. The van der Waals surface area contributed by atoms with Gasteiger partial charge in [0.15, 0.2) is 12.4 Å². The van der Waals surface area contributed by atoms with E-state index in [-0.39, 0.29) is 12.4 Å². The second-order valence-electron chi connectivity index (χ2n) is 4.04. The fourth-order valence-electron chi connectivity index (χ4n) is 1.65. The Balaban J connectivity index is 2.04. The summed E-state index contributed by atoms with van der Waals surface area (Å²) in [7, 11) is 0. The molecule has 0 aliphatic heterocycles. The first-order valence-corrected chi connectivity index (χ1v) is 5.63. The van der Waals surface area contributed by atoms with Crippen LogP contribution < -0.4 is 4.74 Å². The van der Waals surface area contributed by atoms with Crippen molar-refractivity contribution in [1.29, 1.82) is 0 Å². The summed E-state index contributed by atoms with van der Waals surface area (Å²) < 4.78 is 18.5. The molecule has 92 valence electrons. The number of para-hydroxylation sites is 1. The van der Waals surface area contributed by atoms with E-state index in [1.165, 1.54) is 12.1 Å². The smallest absolute Gasteiger partial charge is 0.200 e. The fraction of sp³-hybridized carbons (Fsp3) is 0.133. The minimum atomic E-state index is -0.405. The molecule has 0 saturated heterocycles. The maximum absolute atomic E-state index is 13.2. The van der Waals surface area contributed by atoms with E-state index in [1.807, 2.05) is 18.2 Å². The highest BCUT2D eigenvalue weighted by atomic mass is 19.1. The normalized spacial score (nSPS) is 10.1. The first kappa shape index (κ1) is 12.3. The third kappa shape index (κ3) is 3.17. The average Bonchev–Trinajstić information content (AvgIpc) is 2.36. The Kier molecular flexibility index (Phi) is 3.72. The summed E-state index contributed by atoms with van der Waals surface area (Å²) in [6.07, 6.45) is 0. The van der Waals surface area contributed by atoms with E-state index in [0.29, 0.717) is 11.3 Å². The minimum Gasteiger partial charge on any atom is -0.485 e. The number of aryl methyl sites for hydroxylation is 1. The lowest BCUT2D eigenvalue weighted by Crippen LogP contribution is -2.12. The Hall–Kier alpha value is -2.16. The van der Waals surface area contributed by atoms with Crippen molar-refractivity contribution in [3.63, 3.8) is 0 Å². The molecule has 0 aliphatic rings. The quantitative estimate of drug-likeness (QED) is 0.770. The van der Waals surface area contributed by atoms with Crippen molar-refractivity contribution in [1.82, 2.24) is 0 Å². The molecular formula is C15H13FO2. The molecule has 18 heavy (non-hydrogen) atoms. The first-order valence-electron chi connectivity index (χ1n) is 5.63. The van der Waals surface area contributed by atoms with Crippen LogP contribution in [-0.4, -0.2) is 12.4 Å². The first-order chi connectivity index (χ1) is 8.65. The van der Waals surface area contributed by atoms with Crippen molar-refractivity contribution in [3.8, 4) is 5.75 Å². The monoisotopic (exact) mass is 244 g/mol. The van der Waals surface area contributed by atoms with E-state index < -0.39 is 5.82 Å². The molecule has 2 aromatic carbocycles. The molecule has 0 fully saturated rings. The SMILES string of the molecule is Cc1cc(F)cc(C(=O)COc2ccccc2)c1. The maximum atomic E-state index is 13.2. The molecule has 2 rings (SSSR count). The van der Waals surface area contributed by atoms with Crippen LogP contribution in [0.2, 0.25) is 0 Å². The van der Waals surface area contributed by atoms with Gasteiger partial charge in [-0.05, 0) is 42.8 Å². The second-order valence-corrected chi connectivity index (χ2v) is 4.04. The summed E-state index contributed by atoms with van der Waals surface area (Å²) in [4.78, 5) is 11.8. The van der Waals surface area contributed by atoms with E-state index in [2.05, 4.69) is 0 Å². The van der Waals surface area contributed by atoms with Crippen molar-refractivity contribution >= 4 is 5.78 Å². The Labute approximate surface area is 105 Å². The molecule has 0 spiro atoms. The van der Waals surface area contributed by atoms with Gasteiger partial charge in [0, 0.05) is 5.56 Å². The van der Waals surface area contributed by atoms with Gasteiger partial charge in [0.25, 0.3) is 0 Å². The van der Waals surface area contributed by atoms with Gasteiger partial charge >= 0.3 is 0 Å². The number of ether oxygens (including phenoxy) is 1. The van der Waals surface area contributed by atoms with E-state index in [9.17, 15) is 9.18 Å². The zero-order chi connectivity index (χ0) is 13.0. The number of rotatable bonds is 4. The van der Waals surface area contributed by atoms with Crippen LogP contribution in [0.4, 0.5) is 4.39 Å². The lowest BCUT2D eigenvalue weighted by atomic mass is 10.1. The topological polar surface area (TPSA) is 26.3 Å². The third-order valence-corrected chi connectivity index (χ3v) is 2.48. The van der Waals surface area contributed by atoms with Gasteiger partial charge in [-0.25, -0.2) is 4.39 Å². The van der Waals surface area contributed by atoms with Crippen molar-refractivity contribution in [2.75, 3.05) is 6.61 Å². The number of benzene rings is 2. The average molecular weight is 244 g/mol. The molecule has 0 unspecified atom stereocenters. The zero-order valence-electron chi connectivity index (χ0n) is 10.0. The maximum Gasteiger partial charge on any atom is 0.200 e. The van der Waals surface area contributed by atoms with Gasteiger partial charge in [-0.15, -0.1) is 0 Å². The van der Waals surface area contributed by atoms with Crippen molar-refractivity contribution in [2.45, 2.75) is 6.92 Å². The predicted molar refractivity (Wildman–Crippen MR) is 67.4 cm³/mol. The molecule has 2 aromatic rings. The van der Waals surface area contributed by atoms with Crippen LogP contribution in [0.25, 0.3) is 0 Å². The Bertz CT molecular complexity index is 529. The van der Waals surface area contributed by atoms with E-state index >= 15 is 0 Å². The number of ketones is 1. The zero-order valence-corrected chi connectivity index (χ0v) is 10.0. The summed E-state index contributed by atoms with van der Waals surface area (Å²) >= 11 is 0. The van der Waals surface area contributed by atoms with E-state index in [0.717, 1.165) is 5.56 Å². The van der Waals surface area contributed by atoms with E-state index in [1.54, 1.807) is 25.1 Å². The molecule has 0 saturated carbocycles. The molecule has 0 amide bonds. The number of halogens is 1. The third-order valence-electron chi connectivity index (χ3n) is 2.48. The highest BCUT2D eigenvalue weighted by Crippen LogP contribution is 2.12. The van der Waals surface area contributed by atoms with Gasteiger partial charge in [-0.1, -0.05) is 18.2 Å². The Morgan fingerprint density at radius 3 is 2.56 bits per heavy atom. The second kappa shape index (κ2) is 5.45. The van der Waals surface area contributed by atoms with Gasteiger partial charge in [-0.2, -0.15) is 0 Å². The van der Waals surface area contributed by atoms with Crippen LogP contribution >= 0.6 is 0 Å². The molecule has 0 aliphatic carbocycles. The van der Waals surface area contributed by atoms with Gasteiger partial charge in [-0.3, -0.25) is 4.79 Å². The summed E-state index contributed by atoms with van der Waals surface area (Å²) in [5.41, 5.74) is 1.06. The van der Waals surface area contributed by atoms with Crippen LogP contribution in [0.5, 0.6) is 5.75 Å². The molecule has 0 heterocycles. The summed E-state index contributed by atoms with van der Waals surface area (Å²) in [6, 6.07) is 13.3. The van der Waals surface area contributed by atoms with Crippen LogP contribution in [0.15, 0.2) is 48.5 Å². The summed E-state index contributed by atoms with van der Waals surface area (Å²) in [5, 5.41) is 0. The molecule has 0 bridgehead atoms. The van der Waals surface area contributed by atoms with Crippen LogP contribution in [0.3, 0.4) is 0 Å². The largest absolute Gasteiger partial charge is 0.485 e. The minimum absolute atomic E-state index is 0.0904. The highest BCUT2D eigenvalue weighted by Gasteiger charge is 2.08. The molecular weight excluding hydrogens is 231 g/mol. The van der Waals surface area contributed by atoms with Crippen LogP contribution in [0.1, 0.15) is 15.9 Å². The Morgan fingerprint density at radius 1 is 1.17 bits per heavy atom. The molecule has 0 N–H and O–H groups in total. The molecule has 2 nitrogen and oxygen atoms in total. The number of hydrogen-bond acceptors (Lipinski definition) is 2. The van der Waals surface area contributed by atoms with Gasteiger partial charge in [0.1, 0.15) is 11.6 Å². The summed E-state index contributed by atoms with van der Waals surface area (Å²) in [5.74, 6) is -0.0153. The molecule has 3 heteroatoms. The van der Waals surface area contributed by atoms with Crippen molar-refractivity contribution in [3.05, 3.63) is 65.5 Å². The number of carbonyl (C=O) groups is 1. The lowest BCUT2D eigenvalue weighted by molar-refractivity contribution is 0.0921. The summed E-state index contributed by atoms with van der Waals surface area (Å²) in [6.45, 7) is 1.66. The number of carbonyl (C=O) groups excluding carboxylic acids is 1. The van der Waals surface area contributed by atoms with Crippen molar-refractivity contribution in [2.24, 2.45) is 0 Å². The highest BCUT2D eigenvalue weighted by molar-refractivity contribution is 5.97. The molecule has 0 aromatic heterocycles.